The van der Waals surface area contributed by atoms with E-state index < -0.39 is 0 Å². The summed E-state index contributed by atoms with van der Waals surface area (Å²) in [7, 11) is 0. The van der Waals surface area contributed by atoms with Crippen molar-refractivity contribution in [2.75, 3.05) is 0 Å². The van der Waals surface area contributed by atoms with Gasteiger partial charge in [-0.3, -0.25) is 4.79 Å². The van der Waals surface area contributed by atoms with Crippen molar-refractivity contribution in [1.29, 1.82) is 0 Å². The molecule has 0 spiro atoms. The molecule has 0 atom stereocenters. The molecule has 2 aromatic rings. The Morgan fingerprint density at radius 3 is 2.67 bits per heavy atom. The van der Waals surface area contributed by atoms with Gasteiger partial charge in [-0.2, -0.15) is 0 Å². The van der Waals surface area contributed by atoms with Gasteiger partial charge in [-0.05, 0) is 22.9 Å². The summed E-state index contributed by atoms with van der Waals surface area (Å²) >= 11 is 0. The molecule has 0 unspecified atom stereocenters. The Kier molecular flexibility index (Phi) is 2.26. The van der Waals surface area contributed by atoms with Crippen LogP contribution in [0.4, 0.5) is 0 Å². The summed E-state index contributed by atoms with van der Waals surface area (Å²) in [6, 6.07) is 10.7. The van der Waals surface area contributed by atoms with Crippen molar-refractivity contribution in [1.82, 2.24) is 0 Å². The van der Waals surface area contributed by atoms with Gasteiger partial charge in [0.15, 0.2) is 5.78 Å². The number of rotatable bonds is 2. The molecule has 0 aliphatic heterocycles. The Morgan fingerprint density at radius 2 is 1.93 bits per heavy atom. The predicted molar refractivity (Wildman–Crippen MR) is 60.1 cm³/mol. The van der Waals surface area contributed by atoms with Crippen molar-refractivity contribution >= 4 is 16.6 Å². The molecule has 2 nitrogen and oxygen atoms in total. The lowest BCUT2D eigenvalue weighted by molar-refractivity contribution is 0.104. The van der Waals surface area contributed by atoms with Crippen LogP contribution in [0.1, 0.15) is 10.4 Å². The molecule has 2 rings (SSSR count). The summed E-state index contributed by atoms with van der Waals surface area (Å²) in [4.78, 5) is 11.6. The molecular formula is C13H10O2. The van der Waals surface area contributed by atoms with Crippen LogP contribution in [0.5, 0.6) is 5.75 Å². The van der Waals surface area contributed by atoms with Crippen molar-refractivity contribution in [2.24, 2.45) is 0 Å². The van der Waals surface area contributed by atoms with Crippen molar-refractivity contribution in [3.05, 3.63) is 54.6 Å². The van der Waals surface area contributed by atoms with E-state index in [9.17, 15) is 9.90 Å². The van der Waals surface area contributed by atoms with Gasteiger partial charge in [0.2, 0.25) is 0 Å². The first kappa shape index (κ1) is 9.46. The third kappa shape index (κ3) is 1.50. The number of hydrogen-bond donors (Lipinski definition) is 1. The maximum Gasteiger partial charge on any atom is 0.189 e. The normalized spacial score (nSPS) is 10.1. The van der Waals surface area contributed by atoms with E-state index in [1.54, 1.807) is 6.07 Å². The Balaban J connectivity index is 2.85. The summed E-state index contributed by atoms with van der Waals surface area (Å²) < 4.78 is 0. The molecule has 2 aromatic carbocycles. The topological polar surface area (TPSA) is 37.3 Å². The van der Waals surface area contributed by atoms with Crippen LogP contribution in [0.25, 0.3) is 10.8 Å². The van der Waals surface area contributed by atoms with E-state index in [0.29, 0.717) is 5.56 Å². The molecule has 0 fully saturated rings. The summed E-state index contributed by atoms with van der Waals surface area (Å²) in [5, 5.41) is 11.3. The fraction of sp³-hybridized carbons (Fsp3) is 0. The van der Waals surface area contributed by atoms with Crippen molar-refractivity contribution in [3.8, 4) is 5.75 Å². The highest BCUT2D eigenvalue weighted by atomic mass is 16.3. The highest BCUT2D eigenvalue weighted by Crippen LogP contribution is 2.27. The molecule has 0 saturated carbocycles. The molecule has 0 saturated heterocycles. The highest BCUT2D eigenvalue weighted by molar-refractivity contribution is 6.15. The minimum absolute atomic E-state index is 0.00130. The molecule has 0 amide bonds. The summed E-state index contributed by atoms with van der Waals surface area (Å²) in [5.41, 5.74) is 0.322. The van der Waals surface area contributed by atoms with Crippen LogP contribution in [0.2, 0.25) is 0 Å². The van der Waals surface area contributed by atoms with Gasteiger partial charge < -0.3 is 5.11 Å². The number of benzene rings is 2. The molecule has 0 bridgehead atoms. The number of carbonyl (C=O) groups excluding carboxylic acids is 1. The maximum atomic E-state index is 11.6. The molecule has 0 heterocycles. The van der Waals surface area contributed by atoms with E-state index >= 15 is 0 Å². The molecule has 0 aliphatic rings. The molecule has 1 N–H and O–H groups in total. The summed E-state index contributed by atoms with van der Waals surface area (Å²) in [5.74, 6) is -0.261. The number of phenolic OH excluding ortho intramolecular Hbond substituents is 1. The van der Waals surface area contributed by atoms with Gasteiger partial charge >= 0.3 is 0 Å². The lowest BCUT2D eigenvalue weighted by Gasteiger charge is -2.05. The van der Waals surface area contributed by atoms with Crippen LogP contribution in [0.15, 0.2) is 49.1 Å². The average Bonchev–Trinajstić information content (AvgIpc) is 2.28. The lowest BCUT2D eigenvalue weighted by Crippen LogP contribution is -1.95. The Labute approximate surface area is 87.5 Å². The second kappa shape index (κ2) is 3.58. The highest BCUT2D eigenvalue weighted by Gasteiger charge is 2.11. The van der Waals surface area contributed by atoms with E-state index in [1.165, 1.54) is 12.1 Å². The van der Waals surface area contributed by atoms with Crippen molar-refractivity contribution < 1.29 is 9.90 Å². The number of carbonyl (C=O) groups is 1. The fourth-order valence-electron chi connectivity index (χ4n) is 1.62. The molecule has 0 aliphatic carbocycles. The predicted octanol–water partition coefficient (Wildman–Crippen LogP) is 2.91. The van der Waals surface area contributed by atoms with Gasteiger partial charge in [-0.25, -0.2) is 0 Å². The zero-order valence-electron chi connectivity index (χ0n) is 8.10. The second-order valence-corrected chi connectivity index (χ2v) is 3.25. The van der Waals surface area contributed by atoms with Crippen LogP contribution in [-0.2, 0) is 0 Å². The third-order valence-electron chi connectivity index (χ3n) is 2.34. The SMILES string of the molecule is C=CC(=O)c1c(O)ccc2ccccc12. The van der Waals surface area contributed by atoms with Crippen molar-refractivity contribution in [2.45, 2.75) is 0 Å². The standard InChI is InChI=1S/C13H10O2/c1-2-11(14)13-10-6-4-3-5-9(10)7-8-12(13)15/h2-8,15H,1H2. The molecule has 0 aromatic heterocycles. The van der Waals surface area contributed by atoms with Crippen molar-refractivity contribution in [3.63, 3.8) is 0 Å². The minimum atomic E-state index is -0.260. The number of aromatic hydroxyl groups is 1. The van der Waals surface area contributed by atoms with Gasteiger partial charge in [0, 0.05) is 0 Å². The van der Waals surface area contributed by atoms with E-state index in [4.69, 9.17) is 0 Å². The van der Waals surface area contributed by atoms with Crippen LogP contribution in [0, 0.1) is 0 Å². The summed E-state index contributed by atoms with van der Waals surface area (Å²) in [6.45, 7) is 3.42. The van der Waals surface area contributed by atoms with Crippen LogP contribution in [0.3, 0.4) is 0 Å². The molecular weight excluding hydrogens is 188 g/mol. The monoisotopic (exact) mass is 198 g/mol. The molecule has 74 valence electrons. The maximum absolute atomic E-state index is 11.6. The van der Waals surface area contributed by atoms with Crippen LogP contribution in [-0.4, -0.2) is 10.9 Å². The fourth-order valence-corrected chi connectivity index (χ4v) is 1.62. The van der Waals surface area contributed by atoms with E-state index in [2.05, 4.69) is 6.58 Å². The van der Waals surface area contributed by atoms with E-state index in [-0.39, 0.29) is 11.5 Å². The Bertz CT molecular complexity index is 541. The molecule has 0 radical (unpaired) electrons. The Morgan fingerprint density at radius 1 is 1.20 bits per heavy atom. The van der Waals surface area contributed by atoms with Gasteiger partial charge in [-0.15, -0.1) is 0 Å². The number of phenols is 1. The number of ketones is 1. The second-order valence-electron chi connectivity index (χ2n) is 3.25. The lowest BCUT2D eigenvalue weighted by atomic mass is 10.0. The minimum Gasteiger partial charge on any atom is -0.507 e. The van der Waals surface area contributed by atoms with Crippen LogP contribution >= 0.6 is 0 Å². The number of hydrogen-bond acceptors (Lipinski definition) is 2. The smallest absolute Gasteiger partial charge is 0.189 e. The third-order valence-corrected chi connectivity index (χ3v) is 2.34. The van der Waals surface area contributed by atoms with Crippen LogP contribution < -0.4 is 0 Å². The molecule has 2 heteroatoms. The van der Waals surface area contributed by atoms with Gasteiger partial charge in [0.05, 0.1) is 5.56 Å². The summed E-state index contributed by atoms with van der Waals surface area (Å²) in [6.07, 6.45) is 1.21. The van der Waals surface area contributed by atoms with Gasteiger partial charge in [0.25, 0.3) is 0 Å². The first-order chi connectivity index (χ1) is 7.24. The zero-order valence-corrected chi connectivity index (χ0v) is 8.10. The zero-order chi connectivity index (χ0) is 10.8. The molecule has 15 heavy (non-hydrogen) atoms. The van der Waals surface area contributed by atoms with E-state index in [0.717, 1.165) is 10.8 Å². The average molecular weight is 198 g/mol. The van der Waals surface area contributed by atoms with Gasteiger partial charge in [-0.1, -0.05) is 36.9 Å². The van der Waals surface area contributed by atoms with Gasteiger partial charge in [0.1, 0.15) is 5.75 Å². The quantitative estimate of drug-likeness (QED) is 0.595. The number of fused-ring (bicyclic) bond motifs is 1. The largest absolute Gasteiger partial charge is 0.507 e. The first-order valence-electron chi connectivity index (χ1n) is 4.61. The first-order valence-corrected chi connectivity index (χ1v) is 4.61. The number of allylic oxidation sites excluding steroid dienone is 1. The Hall–Kier alpha value is -2.09. The van der Waals surface area contributed by atoms with E-state index in [1.807, 2.05) is 24.3 Å².